The number of hydrogen-bond acceptors (Lipinski definition) is 5. The number of aryl methyl sites for hydroxylation is 1. The van der Waals surface area contributed by atoms with Crippen LogP contribution in [0.3, 0.4) is 0 Å². The minimum Gasteiger partial charge on any atom is -0.493 e. The number of carbonyl (C=O) groups excluding carboxylic acids is 1. The molecule has 6 heteroatoms. The molecule has 0 saturated heterocycles. The Hall–Kier alpha value is -3.28. The zero-order valence-electron chi connectivity index (χ0n) is 15.6. The molecule has 6 nitrogen and oxygen atoms in total. The highest BCUT2D eigenvalue weighted by Gasteiger charge is 2.21. The first kappa shape index (κ1) is 18.5. The van der Waals surface area contributed by atoms with Gasteiger partial charge in [0.1, 0.15) is 5.56 Å². The lowest BCUT2D eigenvalue weighted by atomic mass is 10.1. The van der Waals surface area contributed by atoms with E-state index >= 15 is 0 Å². The molecule has 0 radical (unpaired) electrons. The summed E-state index contributed by atoms with van der Waals surface area (Å²) in [5.41, 5.74) is 2.90. The Balaban J connectivity index is 1.68. The molecule has 0 aliphatic carbocycles. The molecule has 27 heavy (non-hydrogen) atoms. The highest BCUT2D eigenvalue weighted by molar-refractivity contribution is 6.00. The van der Waals surface area contributed by atoms with E-state index in [1.165, 1.54) is 0 Å². The molecule has 0 aliphatic rings. The van der Waals surface area contributed by atoms with E-state index in [-0.39, 0.29) is 5.91 Å². The molecule has 0 aliphatic heterocycles. The van der Waals surface area contributed by atoms with E-state index in [0.29, 0.717) is 41.5 Å². The number of rotatable bonds is 7. The molecule has 1 amide bonds. The quantitative estimate of drug-likeness (QED) is 0.691. The second kappa shape index (κ2) is 8.40. The Morgan fingerprint density at radius 3 is 2.52 bits per heavy atom. The van der Waals surface area contributed by atoms with Crippen molar-refractivity contribution < 1.29 is 18.8 Å². The van der Waals surface area contributed by atoms with Crippen molar-refractivity contribution >= 4 is 5.91 Å². The van der Waals surface area contributed by atoms with Gasteiger partial charge in [-0.2, -0.15) is 0 Å². The molecule has 0 saturated carbocycles. The first-order valence-electron chi connectivity index (χ1n) is 8.64. The third-order valence-corrected chi connectivity index (χ3v) is 4.27. The zero-order valence-corrected chi connectivity index (χ0v) is 15.6. The van der Waals surface area contributed by atoms with Gasteiger partial charge >= 0.3 is 0 Å². The third-order valence-electron chi connectivity index (χ3n) is 4.27. The molecule has 3 aromatic rings. The Morgan fingerprint density at radius 2 is 1.81 bits per heavy atom. The normalized spacial score (nSPS) is 10.5. The Bertz CT molecular complexity index is 919. The van der Waals surface area contributed by atoms with Crippen LogP contribution in [0.1, 0.15) is 21.6 Å². The molecule has 0 fully saturated rings. The maximum absolute atomic E-state index is 12.7. The standard InChI is InChI=1S/C21H22N2O4/c1-14-19(20(27-23-14)16-7-5-4-6-8-16)21(24)22-12-11-15-9-10-17(25-2)18(13-15)26-3/h4-10,13H,11-12H2,1-3H3,(H,22,24). The van der Waals surface area contributed by atoms with Gasteiger partial charge in [-0.15, -0.1) is 0 Å². The maximum Gasteiger partial charge on any atom is 0.257 e. The highest BCUT2D eigenvalue weighted by Crippen LogP contribution is 2.28. The first-order valence-corrected chi connectivity index (χ1v) is 8.64. The summed E-state index contributed by atoms with van der Waals surface area (Å²) in [5, 5.41) is 6.90. The van der Waals surface area contributed by atoms with Gasteiger partial charge in [-0.1, -0.05) is 41.6 Å². The van der Waals surface area contributed by atoms with Gasteiger partial charge in [0.2, 0.25) is 0 Å². The van der Waals surface area contributed by atoms with Crippen LogP contribution in [-0.2, 0) is 6.42 Å². The van der Waals surface area contributed by atoms with Crippen LogP contribution in [0.5, 0.6) is 11.5 Å². The van der Waals surface area contributed by atoms with E-state index in [1.54, 1.807) is 21.1 Å². The molecule has 1 heterocycles. The number of carbonyl (C=O) groups is 1. The van der Waals surface area contributed by atoms with Crippen LogP contribution in [-0.4, -0.2) is 31.8 Å². The minimum atomic E-state index is -0.201. The minimum absolute atomic E-state index is 0.201. The van der Waals surface area contributed by atoms with Gasteiger partial charge in [-0.05, 0) is 31.0 Å². The van der Waals surface area contributed by atoms with E-state index in [1.807, 2.05) is 48.5 Å². The molecule has 0 spiro atoms. The Kier molecular flexibility index (Phi) is 5.76. The van der Waals surface area contributed by atoms with Gasteiger partial charge in [0.15, 0.2) is 17.3 Å². The molecular weight excluding hydrogens is 344 g/mol. The van der Waals surface area contributed by atoms with Gasteiger partial charge in [-0.25, -0.2) is 0 Å². The van der Waals surface area contributed by atoms with Crippen molar-refractivity contribution in [3.63, 3.8) is 0 Å². The number of amides is 1. The van der Waals surface area contributed by atoms with Crippen molar-refractivity contribution in [2.45, 2.75) is 13.3 Å². The number of benzene rings is 2. The summed E-state index contributed by atoms with van der Waals surface area (Å²) in [6.45, 7) is 2.24. The summed E-state index contributed by atoms with van der Waals surface area (Å²) in [6.07, 6.45) is 0.664. The Morgan fingerprint density at radius 1 is 1.07 bits per heavy atom. The molecule has 0 atom stereocenters. The predicted molar refractivity (Wildman–Crippen MR) is 102 cm³/mol. The van der Waals surface area contributed by atoms with Gasteiger partial charge in [0, 0.05) is 12.1 Å². The van der Waals surface area contributed by atoms with Gasteiger partial charge in [-0.3, -0.25) is 4.79 Å². The molecule has 1 N–H and O–H groups in total. The molecule has 1 aromatic heterocycles. The van der Waals surface area contributed by atoms with Crippen LogP contribution in [0.4, 0.5) is 0 Å². The summed E-state index contributed by atoms with van der Waals surface area (Å²) in [4.78, 5) is 12.7. The summed E-state index contributed by atoms with van der Waals surface area (Å²) >= 11 is 0. The lowest BCUT2D eigenvalue weighted by molar-refractivity contribution is 0.0954. The number of nitrogens with one attached hydrogen (secondary N) is 1. The monoisotopic (exact) mass is 366 g/mol. The van der Waals surface area contributed by atoms with Crippen LogP contribution < -0.4 is 14.8 Å². The lowest BCUT2D eigenvalue weighted by Gasteiger charge is -2.10. The fraction of sp³-hybridized carbons (Fsp3) is 0.238. The number of nitrogens with zero attached hydrogens (tertiary/aromatic N) is 1. The van der Waals surface area contributed by atoms with Crippen molar-refractivity contribution in [3.05, 3.63) is 65.4 Å². The Labute approximate surface area is 158 Å². The largest absolute Gasteiger partial charge is 0.493 e. The predicted octanol–water partition coefficient (Wildman–Crippen LogP) is 3.64. The second-order valence-electron chi connectivity index (χ2n) is 6.03. The van der Waals surface area contributed by atoms with Crippen molar-refractivity contribution in [1.29, 1.82) is 0 Å². The molecule has 0 bridgehead atoms. The number of methoxy groups -OCH3 is 2. The van der Waals surface area contributed by atoms with E-state index in [2.05, 4.69) is 10.5 Å². The van der Waals surface area contributed by atoms with E-state index in [9.17, 15) is 4.79 Å². The topological polar surface area (TPSA) is 73.6 Å². The fourth-order valence-electron chi connectivity index (χ4n) is 2.87. The highest BCUT2D eigenvalue weighted by atomic mass is 16.5. The van der Waals surface area contributed by atoms with E-state index < -0.39 is 0 Å². The summed E-state index contributed by atoms with van der Waals surface area (Å²) in [7, 11) is 3.20. The maximum atomic E-state index is 12.7. The van der Waals surface area contributed by atoms with Crippen molar-refractivity contribution in [2.75, 3.05) is 20.8 Å². The molecule has 3 rings (SSSR count). The summed E-state index contributed by atoms with van der Waals surface area (Å²) < 4.78 is 15.9. The van der Waals surface area contributed by atoms with Gasteiger partial charge in [0.05, 0.1) is 19.9 Å². The van der Waals surface area contributed by atoms with Gasteiger partial charge < -0.3 is 19.3 Å². The van der Waals surface area contributed by atoms with Crippen molar-refractivity contribution in [2.24, 2.45) is 0 Å². The zero-order chi connectivity index (χ0) is 19.2. The molecule has 2 aromatic carbocycles. The number of ether oxygens (including phenoxy) is 2. The summed E-state index contributed by atoms with van der Waals surface area (Å²) in [5.74, 6) is 1.63. The lowest BCUT2D eigenvalue weighted by Crippen LogP contribution is -2.26. The SMILES string of the molecule is COc1ccc(CCNC(=O)c2c(C)noc2-c2ccccc2)cc1OC. The van der Waals surface area contributed by atoms with Crippen LogP contribution >= 0.6 is 0 Å². The fourth-order valence-corrected chi connectivity index (χ4v) is 2.87. The molecule has 140 valence electrons. The van der Waals surface area contributed by atoms with E-state index in [0.717, 1.165) is 11.1 Å². The smallest absolute Gasteiger partial charge is 0.257 e. The van der Waals surface area contributed by atoms with Crippen LogP contribution in [0.15, 0.2) is 53.1 Å². The van der Waals surface area contributed by atoms with Crippen LogP contribution in [0.25, 0.3) is 11.3 Å². The van der Waals surface area contributed by atoms with Crippen LogP contribution in [0.2, 0.25) is 0 Å². The van der Waals surface area contributed by atoms with Crippen LogP contribution in [0, 0.1) is 6.92 Å². The summed E-state index contributed by atoms with van der Waals surface area (Å²) in [6, 6.07) is 15.2. The average molecular weight is 366 g/mol. The third kappa shape index (κ3) is 4.11. The molecular formula is C21H22N2O4. The first-order chi connectivity index (χ1) is 13.1. The van der Waals surface area contributed by atoms with Crippen molar-refractivity contribution in [3.8, 4) is 22.8 Å². The number of hydrogen-bond donors (Lipinski definition) is 1. The second-order valence-corrected chi connectivity index (χ2v) is 6.03. The average Bonchev–Trinajstić information content (AvgIpc) is 3.10. The molecule has 0 unspecified atom stereocenters. The van der Waals surface area contributed by atoms with E-state index in [4.69, 9.17) is 14.0 Å². The number of aromatic nitrogens is 1. The van der Waals surface area contributed by atoms with Crippen molar-refractivity contribution in [1.82, 2.24) is 10.5 Å². The van der Waals surface area contributed by atoms with Gasteiger partial charge in [0.25, 0.3) is 5.91 Å².